The fourth-order valence-corrected chi connectivity index (χ4v) is 3.77. The lowest BCUT2D eigenvalue weighted by atomic mass is 9.82. The van der Waals surface area contributed by atoms with Crippen molar-refractivity contribution in [2.75, 3.05) is 13.7 Å². The second-order valence-corrected chi connectivity index (χ2v) is 8.28. The molecule has 2 amide bonds. The van der Waals surface area contributed by atoms with Crippen molar-refractivity contribution in [3.63, 3.8) is 0 Å². The Labute approximate surface area is 173 Å². The van der Waals surface area contributed by atoms with E-state index in [0.717, 1.165) is 23.3 Å². The molecule has 2 aromatic carbocycles. The van der Waals surface area contributed by atoms with Gasteiger partial charge in [-0.25, -0.2) is 0 Å². The van der Waals surface area contributed by atoms with Crippen LogP contribution in [0, 0.1) is 5.92 Å². The van der Waals surface area contributed by atoms with E-state index in [1.54, 1.807) is 12.0 Å². The summed E-state index contributed by atoms with van der Waals surface area (Å²) in [6.45, 7) is 7.11. The van der Waals surface area contributed by atoms with Gasteiger partial charge >= 0.3 is 0 Å². The predicted octanol–water partition coefficient (Wildman–Crippen LogP) is 3.81. The number of nitrogens with zero attached hydrogens (tertiary/aromatic N) is 1. The molecule has 2 aromatic rings. The number of methoxy groups -OCH3 is 1. The average molecular weight is 395 g/mol. The van der Waals surface area contributed by atoms with Gasteiger partial charge in [0.2, 0.25) is 5.91 Å². The smallest absolute Gasteiger partial charge is 0.255 e. The topological polar surface area (TPSA) is 58.6 Å². The second kappa shape index (κ2) is 8.68. The number of amides is 2. The Balaban J connectivity index is 1.81. The van der Waals surface area contributed by atoms with E-state index >= 15 is 0 Å². The van der Waals surface area contributed by atoms with Gasteiger partial charge in [-0.05, 0) is 48.6 Å². The van der Waals surface area contributed by atoms with Crippen LogP contribution in [0.5, 0.6) is 5.75 Å². The lowest BCUT2D eigenvalue weighted by Crippen LogP contribution is -2.62. The Hall–Kier alpha value is -2.82. The summed E-state index contributed by atoms with van der Waals surface area (Å²) in [4.78, 5) is 28.3. The van der Waals surface area contributed by atoms with Crippen molar-refractivity contribution >= 4 is 11.8 Å². The summed E-state index contributed by atoms with van der Waals surface area (Å²) in [5.41, 5.74) is 1.71. The number of rotatable bonds is 7. The van der Waals surface area contributed by atoms with Crippen LogP contribution < -0.4 is 10.1 Å². The van der Waals surface area contributed by atoms with Crippen molar-refractivity contribution in [1.29, 1.82) is 0 Å². The molecular weight excluding hydrogens is 364 g/mol. The first-order chi connectivity index (χ1) is 13.8. The Morgan fingerprint density at radius 3 is 2.52 bits per heavy atom. The molecule has 1 aliphatic heterocycles. The lowest BCUT2D eigenvalue weighted by Gasteiger charge is -2.44. The molecule has 5 heteroatoms. The number of carbonyl (C=O) groups is 2. The quantitative estimate of drug-likeness (QED) is 0.777. The third-order valence-corrected chi connectivity index (χ3v) is 5.65. The van der Waals surface area contributed by atoms with Crippen molar-refractivity contribution in [1.82, 2.24) is 10.2 Å². The first-order valence-corrected chi connectivity index (χ1v) is 10.2. The molecule has 0 aromatic heterocycles. The van der Waals surface area contributed by atoms with E-state index in [9.17, 15) is 9.59 Å². The zero-order valence-electron chi connectivity index (χ0n) is 17.7. The highest BCUT2D eigenvalue weighted by atomic mass is 16.5. The van der Waals surface area contributed by atoms with Gasteiger partial charge in [-0.3, -0.25) is 9.59 Å². The summed E-state index contributed by atoms with van der Waals surface area (Å²) in [6.07, 6.45) is 1.37. The summed E-state index contributed by atoms with van der Waals surface area (Å²) < 4.78 is 5.18. The molecule has 0 radical (unpaired) electrons. The molecule has 1 N–H and O–H groups in total. The highest BCUT2D eigenvalue weighted by Gasteiger charge is 2.46. The van der Waals surface area contributed by atoms with Gasteiger partial charge in [0.05, 0.1) is 7.11 Å². The molecular formula is C24H30N2O3. The van der Waals surface area contributed by atoms with Gasteiger partial charge in [0.15, 0.2) is 0 Å². The van der Waals surface area contributed by atoms with Crippen molar-refractivity contribution in [3.8, 4) is 5.75 Å². The van der Waals surface area contributed by atoms with Gasteiger partial charge < -0.3 is 15.0 Å². The van der Waals surface area contributed by atoms with Crippen LogP contribution in [0.4, 0.5) is 0 Å². The van der Waals surface area contributed by atoms with Crippen molar-refractivity contribution in [2.45, 2.75) is 45.7 Å². The number of hydrogen-bond donors (Lipinski definition) is 1. The van der Waals surface area contributed by atoms with Crippen LogP contribution in [0.25, 0.3) is 0 Å². The van der Waals surface area contributed by atoms with E-state index in [-0.39, 0.29) is 11.8 Å². The van der Waals surface area contributed by atoms with E-state index in [4.69, 9.17) is 4.74 Å². The van der Waals surface area contributed by atoms with Crippen LogP contribution >= 0.6 is 0 Å². The van der Waals surface area contributed by atoms with E-state index in [1.807, 2.05) is 55.5 Å². The minimum atomic E-state index is -0.910. The molecule has 0 saturated carbocycles. The highest BCUT2D eigenvalue weighted by molar-refractivity contribution is 6.02. The van der Waals surface area contributed by atoms with Crippen LogP contribution in [0.15, 0.2) is 48.5 Å². The Morgan fingerprint density at radius 2 is 1.86 bits per heavy atom. The maximum Gasteiger partial charge on any atom is 0.255 e. The van der Waals surface area contributed by atoms with Gasteiger partial charge in [0.1, 0.15) is 11.3 Å². The van der Waals surface area contributed by atoms with Crippen molar-refractivity contribution in [3.05, 3.63) is 65.2 Å². The molecule has 1 atom stereocenters. The summed E-state index contributed by atoms with van der Waals surface area (Å²) in [5, 5.41) is 3.04. The molecule has 0 unspecified atom stereocenters. The third-order valence-electron chi connectivity index (χ3n) is 5.65. The largest absolute Gasteiger partial charge is 0.497 e. The number of carbonyl (C=O) groups excluding carboxylic acids is 2. The summed E-state index contributed by atoms with van der Waals surface area (Å²) in [7, 11) is 1.63. The SMILES string of the molecule is COc1ccc(CNC(=O)[C@]2(C)Cc3ccccc3C(=O)N2CCC(C)C)cc1. The standard InChI is InChI=1S/C24H30N2O3/c1-17(2)13-14-26-22(27)21-8-6-5-7-19(21)15-24(26,3)23(28)25-16-18-9-11-20(29-4)12-10-18/h5-12,17H,13-16H2,1-4H3,(H,25,28)/t24-/m0/s1. The molecule has 0 bridgehead atoms. The Kier molecular flexibility index (Phi) is 6.26. The van der Waals surface area contributed by atoms with Crippen molar-refractivity contribution in [2.24, 2.45) is 5.92 Å². The van der Waals surface area contributed by atoms with E-state index in [0.29, 0.717) is 31.0 Å². The summed E-state index contributed by atoms with van der Waals surface area (Å²) in [5.74, 6) is 1.04. The predicted molar refractivity (Wildman–Crippen MR) is 114 cm³/mol. The number of fused-ring (bicyclic) bond motifs is 1. The number of ether oxygens (including phenoxy) is 1. The molecule has 0 spiro atoms. The first kappa shape index (κ1) is 20.9. The molecule has 0 saturated heterocycles. The van der Waals surface area contributed by atoms with Crippen LogP contribution in [-0.4, -0.2) is 35.9 Å². The summed E-state index contributed by atoms with van der Waals surface area (Å²) in [6, 6.07) is 15.2. The number of nitrogens with one attached hydrogen (secondary N) is 1. The second-order valence-electron chi connectivity index (χ2n) is 8.28. The highest BCUT2D eigenvalue weighted by Crippen LogP contribution is 2.32. The fourth-order valence-electron chi connectivity index (χ4n) is 3.77. The molecule has 1 heterocycles. The Morgan fingerprint density at radius 1 is 1.17 bits per heavy atom. The molecule has 5 nitrogen and oxygen atoms in total. The maximum absolute atomic E-state index is 13.3. The van der Waals surface area contributed by atoms with Gasteiger partial charge in [0, 0.05) is 25.1 Å². The van der Waals surface area contributed by atoms with Crippen LogP contribution in [0.1, 0.15) is 48.7 Å². The molecule has 3 rings (SSSR count). The minimum absolute atomic E-state index is 0.0606. The molecule has 154 valence electrons. The van der Waals surface area contributed by atoms with Gasteiger partial charge in [-0.2, -0.15) is 0 Å². The minimum Gasteiger partial charge on any atom is -0.497 e. The van der Waals surface area contributed by atoms with Gasteiger partial charge in [0.25, 0.3) is 5.91 Å². The van der Waals surface area contributed by atoms with Crippen LogP contribution in [0.3, 0.4) is 0 Å². The summed E-state index contributed by atoms with van der Waals surface area (Å²) >= 11 is 0. The zero-order valence-corrected chi connectivity index (χ0v) is 17.7. The number of benzene rings is 2. The molecule has 0 fully saturated rings. The normalized spacial score (nSPS) is 18.5. The van der Waals surface area contributed by atoms with Crippen LogP contribution in [0.2, 0.25) is 0 Å². The fraction of sp³-hybridized carbons (Fsp3) is 0.417. The van der Waals surface area contributed by atoms with Crippen molar-refractivity contribution < 1.29 is 14.3 Å². The molecule has 0 aliphatic carbocycles. The first-order valence-electron chi connectivity index (χ1n) is 10.2. The van der Waals surface area contributed by atoms with E-state index in [2.05, 4.69) is 19.2 Å². The van der Waals surface area contributed by atoms with Gasteiger partial charge in [-0.1, -0.05) is 44.2 Å². The van der Waals surface area contributed by atoms with E-state index < -0.39 is 5.54 Å². The molecule has 1 aliphatic rings. The van der Waals surface area contributed by atoms with Crippen LogP contribution in [-0.2, 0) is 17.8 Å². The third kappa shape index (κ3) is 4.44. The molecule has 29 heavy (non-hydrogen) atoms. The maximum atomic E-state index is 13.3. The number of hydrogen-bond acceptors (Lipinski definition) is 3. The monoisotopic (exact) mass is 394 g/mol. The van der Waals surface area contributed by atoms with E-state index in [1.165, 1.54) is 0 Å². The zero-order chi connectivity index (χ0) is 21.0. The Bertz CT molecular complexity index is 876. The lowest BCUT2D eigenvalue weighted by molar-refractivity contribution is -0.132. The van der Waals surface area contributed by atoms with Gasteiger partial charge in [-0.15, -0.1) is 0 Å². The average Bonchev–Trinajstić information content (AvgIpc) is 2.72.